The Morgan fingerprint density at radius 2 is 2.00 bits per heavy atom. The summed E-state index contributed by atoms with van der Waals surface area (Å²) in [6.07, 6.45) is 0.733. The van der Waals surface area contributed by atoms with Gasteiger partial charge in [-0.15, -0.1) is 0 Å². The topological polar surface area (TPSA) is 55.8 Å². The summed E-state index contributed by atoms with van der Waals surface area (Å²) >= 11 is 0. The molecular weight excluding hydrogens is 234 g/mol. The highest BCUT2D eigenvalue weighted by Crippen LogP contribution is 2.27. The molecule has 5 heteroatoms. The van der Waals surface area contributed by atoms with E-state index >= 15 is 0 Å². The van der Waals surface area contributed by atoms with Crippen LogP contribution in [-0.4, -0.2) is 44.4 Å². The van der Waals surface area contributed by atoms with Gasteiger partial charge < -0.3 is 14.4 Å². The average Bonchev–Trinajstić information content (AvgIpc) is 2.36. The van der Waals surface area contributed by atoms with E-state index in [0.717, 1.165) is 6.29 Å². The van der Waals surface area contributed by atoms with Gasteiger partial charge in [-0.3, -0.25) is 9.59 Å². The van der Waals surface area contributed by atoms with Crippen molar-refractivity contribution < 1.29 is 19.1 Å². The maximum Gasteiger partial charge on any atom is 0.259 e. The van der Waals surface area contributed by atoms with Gasteiger partial charge >= 0.3 is 0 Å². The first kappa shape index (κ1) is 14.0. The van der Waals surface area contributed by atoms with Crippen molar-refractivity contribution in [3.05, 3.63) is 23.8 Å². The van der Waals surface area contributed by atoms with E-state index < -0.39 is 0 Å². The second-order valence-corrected chi connectivity index (χ2v) is 3.83. The summed E-state index contributed by atoms with van der Waals surface area (Å²) < 4.78 is 10.7. The van der Waals surface area contributed by atoms with E-state index in [2.05, 4.69) is 0 Å². The van der Waals surface area contributed by atoms with E-state index in [0.29, 0.717) is 23.7 Å². The maximum absolute atomic E-state index is 11.4. The molecule has 0 saturated carbocycles. The van der Waals surface area contributed by atoms with Crippen molar-refractivity contribution in [2.24, 2.45) is 0 Å². The second-order valence-electron chi connectivity index (χ2n) is 3.83. The van der Waals surface area contributed by atoms with Crippen molar-refractivity contribution in [3.8, 4) is 11.5 Å². The number of rotatable bonds is 6. The predicted octanol–water partition coefficient (Wildman–Crippen LogP) is 1.36. The van der Waals surface area contributed by atoms with Crippen molar-refractivity contribution in [2.75, 3.05) is 27.3 Å². The highest BCUT2D eigenvalue weighted by atomic mass is 16.5. The summed E-state index contributed by atoms with van der Waals surface area (Å²) in [6.45, 7) is 2.23. The number of ether oxygens (including phenoxy) is 2. The molecule has 0 aliphatic rings. The Morgan fingerprint density at radius 3 is 2.56 bits per heavy atom. The minimum absolute atomic E-state index is 0.0620. The first-order valence-corrected chi connectivity index (χ1v) is 5.63. The summed E-state index contributed by atoms with van der Waals surface area (Å²) in [6, 6.07) is 4.83. The van der Waals surface area contributed by atoms with Crippen LogP contribution in [0.5, 0.6) is 11.5 Å². The van der Waals surface area contributed by atoms with Crippen molar-refractivity contribution in [2.45, 2.75) is 6.92 Å². The van der Waals surface area contributed by atoms with Gasteiger partial charge in [-0.2, -0.15) is 0 Å². The molecular formula is C13H17NO4. The zero-order valence-corrected chi connectivity index (χ0v) is 10.8. The monoisotopic (exact) mass is 251 g/mol. The van der Waals surface area contributed by atoms with E-state index in [1.807, 2.05) is 6.92 Å². The zero-order chi connectivity index (χ0) is 13.5. The van der Waals surface area contributed by atoms with Gasteiger partial charge in [0.25, 0.3) is 5.91 Å². The van der Waals surface area contributed by atoms with E-state index in [1.165, 1.54) is 4.90 Å². The normalized spacial score (nSPS) is 9.72. The molecule has 1 aromatic carbocycles. The number of amides is 1. The average molecular weight is 251 g/mol. The predicted molar refractivity (Wildman–Crippen MR) is 67.2 cm³/mol. The Hall–Kier alpha value is -2.04. The van der Waals surface area contributed by atoms with Gasteiger partial charge in [-0.05, 0) is 25.1 Å². The van der Waals surface area contributed by atoms with Gasteiger partial charge in [0.05, 0.1) is 6.61 Å². The maximum atomic E-state index is 11.4. The minimum atomic E-state index is -0.142. The molecule has 5 nitrogen and oxygen atoms in total. The fourth-order valence-corrected chi connectivity index (χ4v) is 1.25. The number of hydrogen-bond acceptors (Lipinski definition) is 4. The van der Waals surface area contributed by atoms with E-state index in [9.17, 15) is 9.59 Å². The Labute approximate surface area is 106 Å². The standard InChI is InChI=1S/C13H17NO4/c1-4-17-12-7-10(8-15)5-6-11(12)18-9-13(16)14(2)3/h5-8H,4,9H2,1-3H3. The Morgan fingerprint density at radius 1 is 1.28 bits per heavy atom. The lowest BCUT2D eigenvalue weighted by molar-refractivity contribution is -0.130. The number of likely N-dealkylation sites (N-methyl/N-ethyl adjacent to an activating group) is 1. The van der Waals surface area contributed by atoms with Gasteiger partial charge in [-0.25, -0.2) is 0 Å². The van der Waals surface area contributed by atoms with Crippen LogP contribution in [0.3, 0.4) is 0 Å². The summed E-state index contributed by atoms with van der Waals surface area (Å²) in [5, 5.41) is 0. The van der Waals surface area contributed by atoms with Gasteiger partial charge in [0.15, 0.2) is 18.1 Å². The van der Waals surface area contributed by atoms with Crippen LogP contribution in [0.1, 0.15) is 17.3 Å². The lowest BCUT2D eigenvalue weighted by Gasteiger charge is -2.14. The number of benzene rings is 1. The molecule has 98 valence electrons. The Bertz CT molecular complexity index is 429. The summed E-state index contributed by atoms with van der Waals surface area (Å²) in [4.78, 5) is 23.5. The molecule has 0 aliphatic carbocycles. The number of hydrogen-bond donors (Lipinski definition) is 0. The molecule has 0 saturated heterocycles. The molecule has 0 aliphatic heterocycles. The third kappa shape index (κ3) is 3.76. The molecule has 1 rings (SSSR count). The molecule has 0 aromatic heterocycles. The van der Waals surface area contributed by atoms with Crippen molar-refractivity contribution in [1.82, 2.24) is 4.90 Å². The first-order chi connectivity index (χ1) is 8.58. The van der Waals surface area contributed by atoms with Crippen LogP contribution in [0, 0.1) is 0 Å². The summed E-state index contributed by atoms with van der Waals surface area (Å²) in [7, 11) is 3.31. The van der Waals surface area contributed by atoms with Crippen LogP contribution in [0.25, 0.3) is 0 Å². The molecule has 0 atom stereocenters. The lowest BCUT2D eigenvalue weighted by Crippen LogP contribution is -2.27. The van der Waals surface area contributed by atoms with Crippen molar-refractivity contribution in [1.29, 1.82) is 0 Å². The van der Waals surface area contributed by atoms with Crippen LogP contribution >= 0.6 is 0 Å². The van der Waals surface area contributed by atoms with Crippen LogP contribution in [0.4, 0.5) is 0 Å². The highest BCUT2D eigenvalue weighted by molar-refractivity contribution is 5.78. The molecule has 0 heterocycles. The molecule has 0 unspecified atom stereocenters. The number of carbonyl (C=O) groups excluding carboxylic acids is 2. The number of nitrogens with zero attached hydrogens (tertiary/aromatic N) is 1. The third-order valence-electron chi connectivity index (χ3n) is 2.25. The third-order valence-corrected chi connectivity index (χ3v) is 2.25. The first-order valence-electron chi connectivity index (χ1n) is 5.63. The molecule has 0 spiro atoms. The molecule has 0 bridgehead atoms. The molecule has 0 N–H and O–H groups in total. The molecule has 1 aromatic rings. The zero-order valence-electron chi connectivity index (χ0n) is 10.8. The van der Waals surface area contributed by atoms with Gasteiger partial charge in [0.2, 0.25) is 0 Å². The Balaban J connectivity index is 2.80. The highest BCUT2D eigenvalue weighted by Gasteiger charge is 2.10. The fraction of sp³-hybridized carbons (Fsp3) is 0.385. The number of aldehydes is 1. The SMILES string of the molecule is CCOc1cc(C=O)ccc1OCC(=O)N(C)C. The second kappa shape index (κ2) is 6.64. The van der Waals surface area contributed by atoms with E-state index in [4.69, 9.17) is 9.47 Å². The van der Waals surface area contributed by atoms with Gasteiger partial charge in [-0.1, -0.05) is 0 Å². The lowest BCUT2D eigenvalue weighted by atomic mass is 10.2. The molecule has 0 fully saturated rings. The van der Waals surface area contributed by atoms with Crippen LogP contribution in [0.15, 0.2) is 18.2 Å². The smallest absolute Gasteiger partial charge is 0.259 e. The number of carbonyl (C=O) groups is 2. The van der Waals surface area contributed by atoms with Crippen molar-refractivity contribution in [3.63, 3.8) is 0 Å². The van der Waals surface area contributed by atoms with Crippen LogP contribution in [-0.2, 0) is 4.79 Å². The quantitative estimate of drug-likeness (QED) is 0.716. The summed E-state index contributed by atoms with van der Waals surface area (Å²) in [5.41, 5.74) is 0.504. The molecule has 18 heavy (non-hydrogen) atoms. The molecule has 0 radical (unpaired) electrons. The van der Waals surface area contributed by atoms with E-state index in [-0.39, 0.29) is 12.5 Å². The largest absolute Gasteiger partial charge is 0.490 e. The van der Waals surface area contributed by atoms with Crippen LogP contribution < -0.4 is 9.47 Å². The minimum Gasteiger partial charge on any atom is -0.490 e. The van der Waals surface area contributed by atoms with Crippen LogP contribution in [0.2, 0.25) is 0 Å². The van der Waals surface area contributed by atoms with Gasteiger partial charge in [0, 0.05) is 19.7 Å². The van der Waals surface area contributed by atoms with E-state index in [1.54, 1.807) is 32.3 Å². The molecule has 1 amide bonds. The fourth-order valence-electron chi connectivity index (χ4n) is 1.25. The van der Waals surface area contributed by atoms with Crippen molar-refractivity contribution >= 4 is 12.2 Å². The summed E-state index contributed by atoms with van der Waals surface area (Å²) in [5.74, 6) is 0.781. The Kier molecular flexibility index (Phi) is 5.17. The van der Waals surface area contributed by atoms with Gasteiger partial charge in [0.1, 0.15) is 6.29 Å².